The molecule has 1 saturated heterocycles. The van der Waals surface area contributed by atoms with Crippen molar-refractivity contribution in [1.82, 2.24) is 15.5 Å². The van der Waals surface area contributed by atoms with Gasteiger partial charge in [-0.3, -0.25) is 9.69 Å². The minimum Gasteiger partial charge on any atom is -0.352 e. The molecule has 1 aliphatic rings. The predicted octanol–water partition coefficient (Wildman–Crippen LogP) is 0.833. The Balaban J connectivity index is 2.23. The molecule has 0 aromatic carbocycles. The molecule has 0 radical (unpaired) electrons. The summed E-state index contributed by atoms with van der Waals surface area (Å²) in [5.41, 5.74) is 0. The second-order valence-corrected chi connectivity index (χ2v) is 5.03. The zero-order valence-corrected chi connectivity index (χ0v) is 11.5. The smallest absolute Gasteiger partial charge is 0.234 e. The maximum absolute atomic E-state index is 11.8. The lowest BCUT2D eigenvalue weighted by atomic mass is 10.1. The fraction of sp³-hybridized carbons (Fsp3) is 0.923. The molecule has 0 aliphatic carbocycles. The fourth-order valence-corrected chi connectivity index (χ4v) is 2.48. The highest BCUT2D eigenvalue weighted by molar-refractivity contribution is 5.78. The van der Waals surface area contributed by atoms with Gasteiger partial charge >= 0.3 is 0 Å². The number of amides is 1. The quantitative estimate of drug-likeness (QED) is 0.694. The van der Waals surface area contributed by atoms with Crippen LogP contribution < -0.4 is 10.6 Å². The number of hydrogen-bond acceptors (Lipinski definition) is 3. The fourth-order valence-electron chi connectivity index (χ4n) is 2.48. The molecule has 4 nitrogen and oxygen atoms in total. The zero-order valence-electron chi connectivity index (χ0n) is 11.5. The third-order valence-electron chi connectivity index (χ3n) is 3.58. The highest BCUT2D eigenvalue weighted by Gasteiger charge is 2.23. The molecule has 17 heavy (non-hydrogen) atoms. The largest absolute Gasteiger partial charge is 0.352 e. The first kappa shape index (κ1) is 14.5. The molecule has 4 heteroatoms. The zero-order chi connectivity index (χ0) is 12.7. The third-order valence-corrected chi connectivity index (χ3v) is 3.58. The molecule has 1 aliphatic heterocycles. The number of nitrogens with zero attached hydrogens (tertiary/aromatic N) is 1. The van der Waals surface area contributed by atoms with Crippen LogP contribution in [0.2, 0.25) is 0 Å². The second-order valence-electron chi connectivity index (χ2n) is 5.03. The van der Waals surface area contributed by atoms with E-state index in [1.807, 2.05) is 7.05 Å². The molecule has 0 aromatic rings. The molecule has 100 valence electrons. The Bertz CT molecular complexity index is 229. The first-order chi connectivity index (χ1) is 8.19. The maximum Gasteiger partial charge on any atom is 0.234 e. The summed E-state index contributed by atoms with van der Waals surface area (Å²) in [6.45, 7) is 7.97. The summed E-state index contributed by atoms with van der Waals surface area (Å²) < 4.78 is 0. The van der Waals surface area contributed by atoms with Gasteiger partial charge in [-0.25, -0.2) is 0 Å². The van der Waals surface area contributed by atoms with Crippen molar-refractivity contribution in [3.63, 3.8) is 0 Å². The predicted molar refractivity (Wildman–Crippen MR) is 71.0 cm³/mol. The Morgan fingerprint density at radius 1 is 1.41 bits per heavy atom. The molecular formula is C13H27N3O. The molecule has 0 spiro atoms. The molecule has 1 fully saturated rings. The van der Waals surface area contributed by atoms with E-state index in [2.05, 4.69) is 29.4 Å². The van der Waals surface area contributed by atoms with Crippen LogP contribution in [0.1, 0.15) is 33.1 Å². The lowest BCUT2D eigenvalue weighted by Crippen LogP contribution is -2.41. The van der Waals surface area contributed by atoms with Gasteiger partial charge < -0.3 is 10.6 Å². The van der Waals surface area contributed by atoms with E-state index in [-0.39, 0.29) is 5.91 Å². The van der Waals surface area contributed by atoms with Crippen LogP contribution in [-0.4, -0.2) is 50.1 Å². The van der Waals surface area contributed by atoms with Gasteiger partial charge in [-0.1, -0.05) is 13.8 Å². The molecule has 2 N–H and O–H groups in total. The van der Waals surface area contributed by atoms with Crippen molar-refractivity contribution in [3.8, 4) is 0 Å². The van der Waals surface area contributed by atoms with Crippen LogP contribution in [-0.2, 0) is 4.79 Å². The number of likely N-dealkylation sites (tertiary alicyclic amines) is 1. The van der Waals surface area contributed by atoms with Gasteiger partial charge in [0.2, 0.25) is 5.91 Å². The average molecular weight is 241 g/mol. The van der Waals surface area contributed by atoms with Crippen LogP contribution in [0.25, 0.3) is 0 Å². The van der Waals surface area contributed by atoms with Crippen molar-refractivity contribution in [2.75, 3.05) is 33.2 Å². The number of nitrogens with one attached hydrogen (secondary N) is 2. The topological polar surface area (TPSA) is 44.4 Å². The molecule has 1 amide bonds. The third kappa shape index (κ3) is 5.04. The van der Waals surface area contributed by atoms with Gasteiger partial charge in [0, 0.05) is 12.6 Å². The summed E-state index contributed by atoms with van der Waals surface area (Å²) in [5.74, 6) is 0.893. The van der Waals surface area contributed by atoms with Gasteiger partial charge in [-0.05, 0) is 45.3 Å². The standard InChI is InChI=1S/C13H27N3O/c1-4-12(5-2)15-13(17)10-16-7-6-11(9-16)8-14-3/h11-12,14H,4-10H2,1-3H3,(H,15,17). The van der Waals surface area contributed by atoms with E-state index >= 15 is 0 Å². The summed E-state index contributed by atoms with van der Waals surface area (Å²) in [7, 11) is 1.99. The average Bonchev–Trinajstić information content (AvgIpc) is 2.74. The summed E-state index contributed by atoms with van der Waals surface area (Å²) in [6.07, 6.45) is 3.24. The Labute approximate surface area is 105 Å². The lowest BCUT2D eigenvalue weighted by molar-refractivity contribution is -0.122. The van der Waals surface area contributed by atoms with Gasteiger partial charge in [0.25, 0.3) is 0 Å². The van der Waals surface area contributed by atoms with E-state index in [1.165, 1.54) is 6.42 Å². The van der Waals surface area contributed by atoms with Gasteiger partial charge in [0.15, 0.2) is 0 Å². The number of carbonyl (C=O) groups excluding carboxylic acids is 1. The summed E-state index contributed by atoms with van der Waals surface area (Å²) >= 11 is 0. The van der Waals surface area contributed by atoms with Crippen LogP contribution in [0, 0.1) is 5.92 Å². The summed E-state index contributed by atoms with van der Waals surface area (Å²) in [4.78, 5) is 14.1. The minimum atomic E-state index is 0.184. The van der Waals surface area contributed by atoms with E-state index < -0.39 is 0 Å². The van der Waals surface area contributed by atoms with E-state index in [0.717, 1.165) is 32.5 Å². The van der Waals surface area contributed by atoms with Crippen LogP contribution in [0.4, 0.5) is 0 Å². The van der Waals surface area contributed by atoms with Crippen molar-refractivity contribution in [3.05, 3.63) is 0 Å². The highest BCUT2D eigenvalue weighted by atomic mass is 16.2. The number of hydrogen-bond donors (Lipinski definition) is 2. The Hall–Kier alpha value is -0.610. The maximum atomic E-state index is 11.8. The van der Waals surface area contributed by atoms with E-state index in [4.69, 9.17) is 0 Å². The van der Waals surface area contributed by atoms with Gasteiger partial charge in [0.05, 0.1) is 6.54 Å². The number of carbonyl (C=O) groups is 1. The van der Waals surface area contributed by atoms with Crippen LogP contribution in [0.5, 0.6) is 0 Å². The lowest BCUT2D eigenvalue weighted by Gasteiger charge is -2.19. The van der Waals surface area contributed by atoms with E-state index in [1.54, 1.807) is 0 Å². The molecule has 1 heterocycles. The van der Waals surface area contributed by atoms with Crippen molar-refractivity contribution < 1.29 is 4.79 Å². The van der Waals surface area contributed by atoms with E-state index in [0.29, 0.717) is 18.5 Å². The monoisotopic (exact) mass is 241 g/mol. The Morgan fingerprint density at radius 3 is 2.71 bits per heavy atom. The normalized spacial score (nSPS) is 21.1. The molecule has 1 unspecified atom stereocenters. The van der Waals surface area contributed by atoms with Gasteiger partial charge in [-0.2, -0.15) is 0 Å². The molecule has 0 saturated carbocycles. The first-order valence-corrected chi connectivity index (χ1v) is 6.85. The van der Waals surface area contributed by atoms with Gasteiger partial charge in [-0.15, -0.1) is 0 Å². The summed E-state index contributed by atoms with van der Waals surface area (Å²) in [5, 5.41) is 6.30. The first-order valence-electron chi connectivity index (χ1n) is 6.85. The van der Waals surface area contributed by atoms with Crippen LogP contribution >= 0.6 is 0 Å². The molecule has 1 atom stereocenters. The van der Waals surface area contributed by atoms with E-state index in [9.17, 15) is 4.79 Å². The Kier molecular flexibility index (Phi) is 6.52. The molecule has 1 rings (SSSR count). The number of rotatable bonds is 7. The SMILES string of the molecule is CCC(CC)NC(=O)CN1CCC(CNC)C1. The second kappa shape index (κ2) is 7.67. The van der Waals surface area contributed by atoms with Crippen LogP contribution in [0.3, 0.4) is 0 Å². The van der Waals surface area contributed by atoms with Gasteiger partial charge in [0.1, 0.15) is 0 Å². The van der Waals surface area contributed by atoms with Crippen LogP contribution in [0.15, 0.2) is 0 Å². The molecule has 0 aromatic heterocycles. The molecular weight excluding hydrogens is 214 g/mol. The molecule has 0 bridgehead atoms. The minimum absolute atomic E-state index is 0.184. The highest BCUT2D eigenvalue weighted by Crippen LogP contribution is 2.14. The van der Waals surface area contributed by atoms with Crippen molar-refractivity contribution in [1.29, 1.82) is 0 Å². The van der Waals surface area contributed by atoms with Crippen molar-refractivity contribution in [2.24, 2.45) is 5.92 Å². The van der Waals surface area contributed by atoms with Crippen molar-refractivity contribution >= 4 is 5.91 Å². The Morgan fingerprint density at radius 2 is 2.12 bits per heavy atom. The van der Waals surface area contributed by atoms with Crippen molar-refractivity contribution in [2.45, 2.75) is 39.2 Å². The summed E-state index contributed by atoms with van der Waals surface area (Å²) in [6, 6.07) is 0.346.